The predicted octanol–water partition coefficient (Wildman–Crippen LogP) is 0.627. The van der Waals surface area contributed by atoms with Crippen molar-refractivity contribution in [1.82, 2.24) is 4.90 Å². The molecular formula is C8H17NO2. The molecule has 0 spiro atoms. The summed E-state index contributed by atoms with van der Waals surface area (Å²) in [5, 5.41) is 8.45. The second kappa shape index (κ2) is 6.16. The summed E-state index contributed by atoms with van der Waals surface area (Å²) in [4.78, 5) is 12.5. The molecule has 1 aliphatic rings. The molecule has 0 aliphatic carbocycles. The van der Waals surface area contributed by atoms with Crippen LogP contribution >= 0.6 is 0 Å². The number of nitrogens with zero attached hydrogens (tertiary/aromatic N) is 1. The average molecular weight is 159 g/mol. The summed E-state index contributed by atoms with van der Waals surface area (Å²) >= 11 is 0. The highest BCUT2D eigenvalue weighted by Gasteiger charge is 2.18. The van der Waals surface area contributed by atoms with Gasteiger partial charge in [0.2, 0.25) is 5.91 Å². The number of hydrogen-bond donors (Lipinski definition) is 1. The van der Waals surface area contributed by atoms with Gasteiger partial charge in [0, 0.05) is 19.5 Å². The molecule has 1 saturated heterocycles. The molecule has 1 amide bonds. The van der Waals surface area contributed by atoms with E-state index in [1.165, 1.54) is 0 Å². The third kappa shape index (κ3) is 3.37. The molecule has 3 nitrogen and oxygen atoms in total. The van der Waals surface area contributed by atoms with Crippen LogP contribution in [0.4, 0.5) is 0 Å². The van der Waals surface area contributed by atoms with Gasteiger partial charge in [-0.15, -0.1) is 0 Å². The maximum atomic E-state index is 10.8. The Balaban J connectivity index is 0.000000461. The summed E-state index contributed by atoms with van der Waals surface area (Å²) in [5.74, 6) is 0.184. The molecule has 1 heterocycles. The number of hydrogen-bond acceptors (Lipinski definition) is 2. The lowest BCUT2D eigenvalue weighted by Gasteiger charge is -2.11. The topological polar surface area (TPSA) is 40.5 Å². The molecular weight excluding hydrogens is 142 g/mol. The van der Waals surface area contributed by atoms with E-state index in [2.05, 4.69) is 0 Å². The molecule has 3 heteroatoms. The number of likely N-dealkylation sites (tertiary alicyclic amines) is 1. The molecule has 0 aromatic carbocycles. The zero-order valence-electron chi connectivity index (χ0n) is 7.34. The van der Waals surface area contributed by atoms with E-state index in [1.54, 1.807) is 4.90 Å². The molecule has 0 saturated carbocycles. The second-order valence-electron chi connectivity index (χ2n) is 2.21. The number of carbonyl (C=O) groups excluding carboxylic acids is 1. The molecule has 66 valence electrons. The molecule has 11 heavy (non-hydrogen) atoms. The van der Waals surface area contributed by atoms with Gasteiger partial charge in [-0.05, 0) is 6.42 Å². The van der Waals surface area contributed by atoms with Crippen molar-refractivity contribution in [1.29, 1.82) is 0 Å². The van der Waals surface area contributed by atoms with Crippen LogP contribution in [-0.2, 0) is 4.79 Å². The highest BCUT2D eigenvalue weighted by Crippen LogP contribution is 2.07. The van der Waals surface area contributed by atoms with E-state index in [1.807, 2.05) is 13.8 Å². The van der Waals surface area contributed by atoms with Crippen molar-refractivity contribution in [3.8, 4) is 0 Å². The monoisotopic (exact) mass is 159 g/mol. The minimum Gasteiger partial charge on any atom is -0.395 e. The summed E-state index contributed by atoms with van der Waals surface area (Å²) in [6, 6.07) is 0. The summed E-state index contributed by atoms with van der Waals surface area (Å²) in [6.07, 6.45) is 1.62. The first kappa shape index (κ1) is 10.4. The van der Waals surface area contributed by atoms with E-state index >= 15 is 0 Å². The fraction of sp³-hybridized carbons (Fsp3) is 0.875. The molecule has 1 N–H and O–H groups in total. The van der Waals surface area contributed by atoms with Crippen LogP contribution in [0.5, 0.6) is 0 Å². The van der Waals surface area contributed by atoms with Gasteiger partial charge in [0.1, 0.15) is 0 Å². The van der Waals surface area contributed by atoms with Crippen molar-refractivity contribution in [2.75, 3.05) is 19.7 Å². The van der Waals surface area contributed by atoms with Crippen LogP contribution in [0.3, 0.4) is 0 Å². The maximum Gasteiger partial charge on any atom is 0.222 e. The summed E-state index contributed by atoms with van der Waals surface area (Å²) in [7, 11) is 0. The van der Waals surface area contributed by atoms with E-state index in [0.717, 1.165) is 13.0 Å². The Hall–Kier alpha value is -0.570. The van der Waals surface area contributed by atoms with Gasteiger partial charge in [-0.1, -0.05) is 13.8 Å². The molecule has 0 atom stereocenters. The van der Waals surface area contributed by atoms with Crippen molar-refractivity contribution in [2.24, 2.45) is 0 Å². The number of aliphatic hydroxyl groups excluding tert-OH is 1. The normalized spacial score (nSPS) is 16.3. The number of carbonyl (C=O) groups is 1. The Morgan fingerprint density at radius 1 is 1.55 bits per heavy atom. The van der Waals surface area contributed by atoms with E-state index in [0.29, 0.717) is 13.0 Å². The average Bonchev–Trinajstić information content (AvgIpc) is 2.42. The van der Waals surface area contributed by atoms with Crippen molar-refractivity contribution in [2.45, 2.75) is 26.7 Å². The first-order valence-corrected chi connectivity index (χ1v) is 4.23. The first-order valence-electron chi connectivity index (χ1n) is 4.23. The third-order valence-corrected chi connectivity index (χ3v) is 1.54. The zero-order valence-corrected chi connectivity index (χ0v) is 7.34. The van der Waals surface area contributed by atoms with Gasteiger partial charge in [0.15, 0.2) is 0 Å². The Morgan fingerprint density at radius 2 is 2.18 bits per heavy atom. The second-order valence-corrected chi connectivity index (χ2v) is 2.21. The number of amides is 1. The predicted molar refractivity (Wildman–Crippen MR) is 44.2 cm³/mol. The van der Waals surface area contributed by atoms with Gasteiger partial charge >= 0.3 is 0 Å². The fourth-order valence-electron chi connectivity index (χ4n) is 1.06. The zero-order chi connectivity index (χ0) is 8.69. The third-order valence-electron chi connectivity index (χ3n) is 1.54. The van der Waals surface area contributed by atoms with Crippen LogP contribution in [0.1, 0.15) is 26.7 Å². The van der Waals surface area contributed by atoms with Crippen LogP contribution in [0.15, 0.2) is 0 Å². The molecule has 0 aromatic heterocycles. The molecule has 0 radical (unpaired) electrons. The number of aliphatic hydroxyl groups is 1. The van der Waals surface area contributed by atoms with Crippen LogP contribution in [0.2, 0.25) is 0 Å². The molecule has 0 aromatic rings. The highest BCUT2D eigenvalue weighted by molar-refractivity contribution is 5.77. The smallest absolute Gasteiger partial charge is 0.222 e. The maximum absolute atomic E-state index is 10.8. The molecule has 0 bridgehead atoms. The van der Waals surface area contributed by atoms with Gasteiger partial charge in [-0.2, -0.15) is 0 Å². The quantitative estimate of drug-likeness (QED) is 0.642. The lowest BCUT2D eigenvalue weighted by atomic mass is 10.4. The van der Waals surface area contributed by atoms with Crippen molar-refractivity contribution < 1.29 is 9.90 Å². The lowest BCUT2D eigenvalue weighted by molar-refractivity contribution is -0.128. The largest absolute Gasteiger partial charge is 0.395 e. The number of rotatable bonds is 2. The Bertz CT molecular complexity index is 115. The van der Waals surface area contributed by atoms with E-state index < -0.39 is 0 Å². The van der Waals surface area contributed by atoms with Gasteiger partial charge in [-0.25, -0.2) is 0 Å². The molecule has 1 aliphatic heterocycles. The van der Waals surface area contributed by atoms with Crippen molar-refractivity contribution in [3.63, 3.8) is 0 Å². The molecule has 1 rings (SSSR count). The first-order chi connectivity index (χ1) is 5.34. The Labute approximate surface area is 68.0 Å². The van der Waals surface area contributed by atoms with Crippen molar-refractivity contribution >= 4 is 5.91 Å². The molecule has 0 unspecified atom stereocenters. The summed E-state index contributed by atoms with van der Waals surface area (Å²) < 4.78 is 0. The van der Waals surface area contributed by atoms with Crippen molar-refractivity contribution in [3.05, 3.63) is 0 Å². The van der Waals surface area contributed by atoms with Gasteiger partial charge < -0.3 is 10.0 Å². The Kier molecular flexibility index (Phi) is 5.84. The summed E-state index contributed by atoms with van der Waals surface area (Å²) in [6.45, 7) is 5.43. The number of β-amino-alcohol motifs (C(OH)–C–C–N with tert-alkyl or cyclic N) is 1. The van der Waals surface area contributed by atoms with Crippen LogP contribution in [-0.4, -0.2) is 35.6 Å². The van der Waals surface area contributed by atoms with E-state index in [4.69, 9.17) is 5.11 Å². The van der Waals surface area contributed by atoms with Crippen LogP contribution in [0, 0.1) is 0 Å². The minimum absolute atomic E-state index is 0.0890. The molecule has 1 fully saturated rings. The highest BCUT2D eigenvalue weighted by atomic mass is 16.3. The van der Waals surface area contributed by atoms with E-state index in [9.17, 15) is 4.79 Å². The SMILES string of the molecule is CC.O=C1CCCN1CCO. The van der Waals surface area contributed by atoms with Gasteiger partial charge in [-0.3, -0.25) is 4.79 Å². The van der Waals surface area contributed by atoms with E-state index in [-0.39, 0.29) is 12.5 Å². The lowest BCUT2D eigenvalue weighted by Crippen LogP contribution is -2.27. The van der Waals surface area contributed by atoms with Gasteiger partial charge in [0.25, 0.3) is 0 Å². The Morgan fingerprint density at radius 3 is 2.55 bits per heavy atom. The summed E-state index contributed by atoms with van der Waals surface area (Å²) in [5.41, 5.74) is 0. The fourth-order valence-corrected chi connectivity index (χ4v) is 1.06. The van der Waals surface area contributed by atoms with Crippen LogP contribution in [0.25, 0.3) is 0 Å². The van der Waals surface area contributed by atoms with Gasteiger partial charge in [0.05, 0.1) is 6.61 Å². The standard InChI is InChI=1S/C6H11NO2.C2H6/c8-5-4-7-3-1-2-6(7)9;1-2/h8H,1-5H2;1-2H3. The minimum atomic E-state index is 0.0890. The van der Waals surface area contributed by atoms with Crippen LogP contribution < -0.4 is 0 Å².